The van der Waals surface area contributed by atoms with Crippen LogP contribution in [0.3, 0.4) is 0 Å². The molecule has 0 aromatic rings. The molecule has 0 aromatic carbocycles. The van der Waals surface area contributed by atoms with Crippen LogP contribution < -0.4 is 5.32 Å². The largest absolute Gasteiger partial charge is 0.508 e. The lowest BCUT2D eigenvalue weighted by Gasteiger charge is -2.52. The van der Waals surface area contributed by atoms with E-state index in [-0.39, 0.29) is 16.5 Å². The summed E-state index contributed by atoms with van der Waals surface area (Å²) in [5.74, 6) is -9.87. The minimum atomic E-state index is -3.08. The minimum Gasteiger partial charge on any atom is -0.508 e. The number of nitrogens with zero attached hydrogens (tertiary/aromatic N) is 1. The van der Waals surface area contributed by atoms with E-state index < -0.39 is 161 Å². The zero-order valence-corrected chi connectivity index (χ0v) is 37.1. The molecule has 0 bridgehead atoms. The Kier molecular flexibility index (Phi) is 16.9. The summed E-state index contributed by atoms with van der Waals surface area (Å²) in [6.07, 6.45) is -16.8. The Morgan fingerprint density at radius 3 is 2.27 bits per heavy atom. The van der Waals surface area contributed by atoms with Crippen molar-refractivity contribution in [1.82, 2.24) is 5.32 Å². The number of hydrogen-bond donors (Lipinski definition) is 8. The van der Waals surface area contributed by atoms with E-state index in [1.54, 1.807) is 20.8 Å². The number of carbonyl (C=O) groups excluding carboxylic acids is 5. The van der Waals surface area contributed by atoms with Gasteiger partial charge in [-0.3, -0.25) is 29.6 Å². The van der Waals surface area contributed by atoms with E-state index in [0.717, 1.165) is 37.4 Å². The molecule has 0 unspecified atom stereocenters. The Morgan fingerprint density at radius 1 is 1.06 bits per heavy atom. The van der Waals surface area contributed by atoms with Crippen LogP contribution in [0.15, 0.2) is 16.3 Å². The molecule has 63 heavy (non-hydrogen) atoms. The number of carboxylic acids is 2. The molecule has 1 amide bonds. The van der Waals surface area contributed by atoms with E-state index in [1.807, 2.05) is 0 Å². The third kappa shape index (κ3) is 11.2. The van der Waals surface area contributed by atoms with Crippen molar-refractivity contribution in [3.63, 3.8) is 0 Å². The van der Waals surface area contributed by atoms with Gasteiger partial charge in [-0.1, -0.05) is 44.3 Å². The summed E-state index contributed by atoms with van der Waals surface area (Å²) in [6.45, 7) is 8.99. The molecule has 0 aromatic heterocycles. The number of ketones is 1. The molecule has 0 spiro atoms. The number of esters is 3. The van der Waals surface area contributed by atoms with E-state index in [9.17, 15) is 64.2 Å². The Hall–Kier alpha value is -4.21. The van der Waals surface area contributed by atoms with Crippen molar-refractivity contribution in [1.29, 1.82) is 5.41 Å². The zero-order valence-electron chi connectivity index (χ0n) is 35.5. The Morgan fingerprint density at radius 2 is 1.71 bits per heavy atom. The highest BCUT2D eigenvalue weighted by Gasteiger charge is 2.62. The zero-order chi connectivity index (χ0) is 47.5. The fourth-order valence-electron chi connectivity index (χ4n) is 7.42. The van der Waals surface area contributed by atoms with Crippen molar-refractivity contribution in [2.45, 2.75) is 145 Å². The van der Waals surface area contributed by atoms with Crippen LogP contribution in [0.5, 0.6) is 0 Å². The third-order valence-corrected chi connectivity index (χ3v) is 13.3. The van der Waals surface area contributed by atoms with Gasteiger partial charge in [0.2, 0.25) is 5.91 Å². The topological polar surface area (TPSA) is 354 Å². The van der Waals surface area contributed by atoms with Gasteiger partial charge in [-0.15, -0.1) is 0 Å². The van der Waals surface area contributed by atoms with Gasteiger partial charge < -0.3 is 69.1 Å². The maximum absolute atomic E-state index is 14.1. The highest BCUT2D eigenvalue weighted by molar-refractivity contribution is 8.39. The predicted molar refractivity (Wildman–Crippen MR) is 217 cm³/mol. The second-order valence-electron chi connectivity index (χ2n) is 15.7. The molecule has 352 valence electrons. The van der Waals surface area contributed by atoms with Gasteiger partial charge in [-0.2, -0.15) is 0 Å². The van der Waals surface area contributed by atoms with Gasteiger partial charge in [0, 0.05) is 38.4 Å². The minimum absolute atomic E-state index is 0.161. The normalized spacial score (nSPS) is 34.4. The summed E-state index contributed by atoms with van der Waals surface area (Å²) < 4.78 is 40.8. The van der Waals surface area contributed by atoms with Gasteiger partial charge in [-0.05, 0) is 13.8 Å². The fraction of sp³-hybridized carbons (Fsp3) is 0.711. The number of carbonyl (C=O) groups is 7. The van der Waals surface area contributed by atoms with Crippen LogP contribution >= 0.6 is 23.5 Å². The van der Waals surface area contributed by atoms with Crippen molar-refractivity contribution < 1.29 is 97.4 Å². The first-order chi connectivity index (χ1) is 29.3. The molecule has 3 aliphatic heterocycles. The summed E-state index contributed by atoms with van der Waals surface area (Å²) in [6, 6.07) is -2.58. The van der Waals surface area contributed by atoms with Crippen molar-refractivity contribution >= 4 is 75.1 Å². The van der Waals surface area contributed by atoms with Crippen molar-refractivity contribution in [3.8, 4) is 0 Å². The third-order valence-electron chi connectivity index (χ3n) is 10.9. The highest BCUT2D eigenvalue weighted by atomic mass is 32.2. The smallest absolute Gasteiger partial charge is 0.341 e. The van der Waals surface area contributed by atoms with E-state index in [4.69, 9.17) is 38.6 Å². The summed E-state index contributed by atoms with van der Waals surface area (Å²) in [5.41, 5.74) is -7.53. The number of aliphatic carboxylic acids is 2. The molecule has 3 heterocycles. The lowest BCUT2D eigenvalue weighted by Crippen LogP contribution is -2.70. The monoisotopic (exact) mass is 935 g/mol. The molecule has 0 saturated carbocycles. The van der Waals surface area contributed by atoms with Gasteiger partial charge in [0.1, 0.15) is 64.6 Å². The SMILES string of the molecule is CO[C@@H]1C[C@@H](O[C@H]2[C@@H](O)[C@H]([C@]3(O)CC(=O)C(=N)C(C(=O)O)=C3O)O[C@H](COC(C)=O)[C@H]2OC(=O)[C@@H]2N=C(SC[C@@H](NC(C)=O)C(=O)O)S[C@H]2C)O[C@H](C)[C@@]1(O)[C@@H](C)OC(=O)C(C)C. The number of ether oxygens (including phenoxy) is 7. The molecule has 8 N–H and O–H groups in total. The second-order valence-corrected chi connectivity index (χ2v) is 18.3. The Balaban J connectivity index is 1.76. The maximum Gasteiger partial charge on any atom is 0.341 e. The van der Waals surface area contributed by atoms with Crippen LogP contribution in [-0.2, 0) is 66.7 Å². The van der Waals surface area contributed by atoms with Crippen LogP contribution in [0.25, 0.3) is 0 Å². The molecule has 25 heteroatoms. The molecule has 1 aliphatic carbocycles. The van der Waals surface area contributed by atoms with Crippen LogP contribution in [0, 0.1) is 11.3 Å². The predicted octanol–water partition coefficient (Wildman–Crippen LogP) is -0.754. The average molecular weight is 936 g/mol. The first kappa shape index (κ1) is 51.4. The Labute approximate surface area is 369 Å². The molecular formula is C38H53N3O20S2. The lowest BCUT2D eigenvalue weighted by molar-refractivity contribution is -0.345. The number of aliphatic hydroxyl groups excluding tert-OH is 2. The average Bonchev–Trinajstić information content (AvgIpc) is 3.57. The van der Waals surface area contributed by atoms with Gasteiger partial charge in [-0.25, -0.2) is 14.4 Å². The molecule has 14 atom stereocenters. The molecule has 0 radical (unpaired) electrons. The number of aliphatic imine (C=N–C) groups is 1. The molecule has 4 aliphatic rings. The molecular weight excluding hydrogens is 883 g/mol. The van der Waals surface area contributed by atoms with Crippen LogP contribution in [0.2, 0.25) is 0 Å². The fourth-order valence-corrected chi connectivity index (χ4v) is 9.87. The van der Waals surface area contributed by atoms with Crippen molar-refractivity contribution in [3.05, 3.63) is 11.3 Å². The van der Waals surface area contributed by atoms with Gasteiger partial charge >= 0.3 is 29.8 Å². The number of carboxylic acid groups (broad SMARTS) is 2. The first-order valence-corrected chi connectivity index (χ1v) is 21.5. The van der Waals surface area contributed by atoms with E-state index in [1.165, 1.54) is 21.0 Å². The molecule has 2 saturated heterocycles. The van der Waals surface area contributed by atoms with Gasteiger partial charge in [0.15, 0.2) is 35.4 Å². The van der Waals surface area contributed by atoms with Crippen LogP contribution in [-0.4, -0.2) is 185 Å². The number of amides is 1. The summed E-state index contributed by atoms with van der Waals surface area (Å²) in [5, 5.41) is 76.1. The van der Waals surface area contributed by atoms with Gasteiger partial charge in [0.25, 0.3) is 0 Å². The molecule has 4 rings (SSSR count). The number of Topliss-reactive ketones (excluding diaryl/α,β-unsaturated/α-hetero) is 1. The van der Waals surface area contributed by atoms with Gasteiger partial charge in [0.05, 0.1) is 24.5 Å². The summed E-state index contributed by atoms with van der Waals surface area (Å²) in [4.78, 5) is 91.4. The highest BCUT2D eigenvalue weighted by Crippen LogP contribution is 2.43. The number of methoxy groups -OCH3 is 1. The second kappa shape index (κ2) is 20.7. The molecule has 2 fully saturated rings. The standard InChI is InChI=1S/C38H53N3O20S2/c1-13(2)34(51)58-16(5)38(54)15(4)57-23(9-22(38)55-8)60-29-27(45)31(37(53)10-20(44)25(39)24(30(37)46)33(49)50)59-21(11-56-18(7)43)28(29)61-35(52)26-14(3)63-36(41-26)62-12-19(32(47)48)40-17(6)42/h13-16,19,21-23,26-29,31,39,45-46,53-54H,9-12H2,1-8H3,(H,40,42)(H,47,48)(H,49,50)/t14-,15+,16+,19+,21+,22+,23+,26+,27+,28+,29-,31+,37-,38+/m0/s1. The number of nitrogens with one attached hydrogen (secondary N) is 2. The van der Waals surface area contributed by atoms with Crippen molar-refractivity contribution in [2.75, 3.05) is 19.5 Å². The maximum atomic E-state index is 14.1. The number of thioether (sulfide) groups is 2. The Bertz CT molecular complexity index is 1900. The summed E-state index contributed by atoms with van der Waals surface area (Å²) in [7, 11) is 1.25. The lowest BCUT2D eigenvalue weighted by atomic mass is 9.74. The number of hydrogen-bond acceptors (Lipinski definition) is 22. The first-order valence-electron chi connectivity index (χ1n) is 19.6. The number of rotatable bonds is 16. The van der Waals surface area contributed by atoms with E-state index in [0.29, 0.717) is 0 Å². The van der Waals surface area contributed by atoms with Crippen molar-refractivity contribution in [2.24, 2.45) is 10.9 Å². The van der Waals surface area contributed by atoms with E-state index >= 15 is 0 Å². The van der Waals surface area contributed by atoms with Crippen LogP contribution in [0.1, 0.15) is 61.3 Å². The molecule has 23 nitrogen and oxygen atoms in total. The summed E-state index contributed by atoms with van der Waals surface area (Å²) >= 11 is 2.03. The number of aliphatic hydroxyl groups is 4. The quantitative estimate of drug-likeness (QED) is 0.0697. The van der Waals surface area contributed by atoms with Crippen LogP contribution in [0.4, 0.5) is 0 Å². The van der Waals surface area contributed by atoms with E-state index in [2.05, 4.69) is 10.3 Å².